The highest BCUT2D eigenvalue weighted by Crippen LogP contribution is 2.30. The molecule has 8 nitrogen and oxygen atoms in total. The fraction of sp³-hybridized carbons (Fsp3) is 0.500. The lowest BCUT2D eigenvalue weighted by molar-refractivity contribution is -0.137. The second-order valence-electron chi connectivity index (χ2n) is 8.59. The Balaban J connectivity index is 1.32. The number of carbonyl (C=O) groups is 1. The van der Waals surface area contributed by atoms with E-state index in [0.717, 1.165) is 60.3 Å². The van der Waals surface area contributed by atoms with E-state index in [1.807, 2.05) is 13.0 Å². The number of piperazine rings is 1. The van der Waals surface area contributed by atoms with Crippen LogP contribution in [0.4, 0.5) is 19.0 Å². The van der Waals surface area contributed by atoms with Crippen molar-refractivity contribution in [3.8, 4) is 0 Å². The van der Waals surface area contributed by atoms with Crippen LogP contribution >= 0.6 is 0 Å². The number of piperidine rings is 1. The van der Waals surface area contributed by atoms with Crippen molar-refractivity contribution in [3.63, 3.8) is 0 Å². The molecule has 1 amide bonds. The normalized spacial score (nSPS) is 19.0. The van der Waals surface area contributed by atoms with Gasteiger partial charge in [-0.3, -0.25) is 4.79 Å². The first-order valence-corrected chi connectivity index (χ1v) is 12.5. The highest BCUT2D eigenvalue weighted by molar-refractivity contribution is 7.89. The van der Waals surface area contributed by atoms with Crippen molar-refractivity contribution in [2.24, 2.45) is 5.92 Å². The number of benzene rings is 1. The van der Waals surface area contributed by atoms with Crippen molar-refractivity contribution in [3.05, 3.63) is 47.9 Å². The zero-order valence-electron chi connectivity index (χ0n) is 18.7. The van der Waals surface area contributed by atoms with Crippen LogP contribution in [0, 0.1) is 12.8 Å². The standard InChI is InChI=1S/C22H26F3N5O3S/c1-16-26-9-6-20(27-16)28-10-7-17(8-11-28)14-29-12-13-30(15-21(29)31)34(32,33)19-4-2-18(3-5-19)22(23,24)25/h2-6,9,17H,7-8,10-15H2,1H3. The van der Waals surface area contributed by atoms with Gasteiger partial charge < -0.3 is 9.80 Å². The summed E-state index contributed by atoms with van der Waals surface area (Å²) in [6.07, 6.45) is -1.03. The van der Waals surface area contributed by atoms with E-state index in [0.29, 0.717) is 18.3 Å². The molecule has 12 heteroatoms. The average Bonchev–Trinajstić information content (AvgIpc) is 2.80. The van der Waals surface area contributed by atoms with Crippen molar-refractivity contribution in [1.29, 1.82) is 0 Å². The Kier molecular flexibility index (Phi) is 6.81. The minimum atomic E-state index is -4.55. The molecule has 3 heterocycles. The maximum Gasteiger partial charge on any atom is 0.416 e. The molecule has 2 saturated heterocycles. The van der Waals surface area contributed by atoms with Gasteiger partial charge in [0.1, 0.15) is 11.6 Å². The number of carbonyl (C=O) groups excluding carboxylic acids is 1. The summed E-state index contributed by atoms with van der Waals surface area (Å²) < 4.78 is 65.0. The van der Waals surface area contributed by atoms with Crippen LogP contribution in [0.25, 0.3) is 0 Å². The molecule has 184 valence electrons. The Morgan fingerprint density at radius 2 is 1.71 bits per heavy atom. The van der Waals surface area contributed by atoms with Crippen LogP contribution in [0.15, 0.2) is 41.4 Å². The first kappa shape index (κ1) is 24.4. The smallest absolute Gasteiger partial charge is 0.356 e. The van der Waals surface area contributed by atoms with Crippen molar-refractivity contribution < 1.29 is 26.4 Å². The fourth-order valence-electron chi connectivity index (χ4n) is 4.33. The highest BCUT2D eigenvalue weighted by atomic mass is 32.2. The number of sulfonamides is 1. The van der Waals surface area contributed by atoms with E-state index in [1.54, 1.807) is 11.1 Å². The van der Waals surface area contributed by atoms with Gasteiger partial charge in [0.05, 0.1) is 17.0 Å². The monoisotopic (exact) mass is 497 g/mol. The zero-order chi connectivity index (χ0) is 24.5. The number of hydrogen-bond acceptors (Lipinski definition) is 6. The van der Waals surface area contributed by atoms with Gasteiger partial charge in [0.15, 0.2) is 0 Å². The average molecular weight is 498 g/mol. The van der Waals surface area contributed by atoms with E-state index in [1.165, 1.54) is 0 Å². The Morgan fingerprint density at radius 1 is 1.03 bits per heavy atom. The van der Waals surface area contributed by atoms with Crippen molar-refractivity contribution >= 4 is 21.7 Å². The Hall–Kier alpha value is -2.73. The van der Waals surface area contributed by atoms with E-state index < -0.39 is 21.8 Å². The second-order valence-corrected chi connectivity index (χ2v) is 10.5. The minimum Gasteiger partial charge on any atom is -0.356 e. The molecule has 0 unspecified atom stereocenters. The van der Waals surface area contributed by atoms with Crippen LogP contribution in [0.2, 0.25) is 0 Å². The predicted molar refractivity (Wildman–Crippen MR) is 118 cm³/mol. The SMILES string of the molecule is Cc1nccc(N2CCC(CN3CCN(S(=O)(=O)c4ccc(C(F)(F)F)cc4)CC3=O)CC2)n1. The highest BCUT2D eigenvalue weighted by Gasteiger charge is 2.35. The molecular weight excluding hydrogens is 471 g/mol. The number of aromatic nitrogens is 2. The van der Waals surface area contributed by atoms with Crippen molar-refractivity contribution in [1.82, 2.24) is 19.2 Å². The van der Waals surface area contributed by atoms with Crippen LogP contribution in [0.3, 0.4) is 0 Å². The number of anilines is 1. The van der Waals surface area contributed by atoms with Gasteiger partial charge >= 0.3 is 6.18 Å². The molecule has 2 aromatic rings. The fourth-order valence-corrected chi connectivity index (χ4v) is 5.71. The molecule has 1 aromatic carbocycles. The number of amides is 1. The quantitative estimate of drug-likeness (QED) is 0.631. The molecule has 34 heavy (non-hydrogen) atoms. The summed E-state index contributed by atoms with van der Waals surface area (Å²) in [6, 6.07) is 5.22. The van der Waals surface area contributed by atoms with Crippen LogP contribution in [-0.4, -0.2) is 72.8 Å². The van der Waals surface area contributed by atoms with Gasteiger partial charge in [-0.2, -0.15) is 17.5 Å². The maximum atomic E-state index is 12.8. The summed E-state index contributed by atoms with van der Waals surface area (Å²) in [6.45, 7) is 4.08. The van der Waals surface area contributed by atoms with Gasteiger partial charge in [0, 0.05) is 38.9 Å². The van der Waals surface area contributed by atoms with Crippen LogP contribution in [0.5, 0.6) is 0 Å². The van der Waals surface area contributed by atoms with E-state index in [-0.39, 0.29) is 30.4 Å². The number of nitrogens with zero attached hydrogens (tertiary/aromatic N) is 5. The Morgan fingerprint density at radius 3 is 2.29 bits per heavy atom. The lowest BCUT2D eigenvalue weighted by Crippen LogP contribution is -2.53. The van der Waals surface area contributed by atoms with Crippen LogP contribution in [0.1, 0.15) is 24.2 Å². The van der Waals surface area contributed by atoms with E-state index in [4.69, 9.17) is 0 Å². The van der Waals surface area contributed by atoms with Gasteiger partial charge in [-0.05, 0) is 56.0 Å². The second kappa shape index (κ2) is 9.49. The van der Waals surface area contributed by atoms with Gasteiger partial charge in [-0.1, -0.05) is 0 Å². The first-order chi connectivity index (χ1) is 16.0. The van der Waals surface area contributed by atoms with Crippen molar-refractivity contribution in [2.75, 3.05) is 44.2 Å². The molecule has 0 spiro atoms. The summed E-state index contributed by atoms with van der Waals surface area (Å²) in [4.78, 5) is 24.9. The lowest BCUT2D eigenvalue weighted by atomic mass is 9.96. The third-order valence-corrected chi connectivity index (χ3v) is 8.14. The third kappa shape index (κ3) is 5.33. The minimum absolute atomic E-state index is 0.105. The van der Waals surface area contributed by atoms with E-state index in [9.17, 15) is 26.4 Å². The van der Waals surface area contributed by atoms with Crippen molar-refractivity contribution in [2.45, 2.75) is 30.8 Å². The van der Waals surface area contributed by atoms with Gasteiger partial charge in [-0.25, -0.2) is 18.4 Å². The van der Waals surface area contributed by atoms with Gasteiger partial charge in [0.2, 0.25) is 15.9 Å². The molecule has 1 aromatic heterocycles. The molecule has 0 N–H and O–H groups in total. The number of hydrogen-bond donors (Lipinski definition) is 0. The van der Waals surface area contributed by atoms with E-state index in [2.05, 4.69) is 14.9 Å². The number of halogens is 3. The predicted octanol–water partition coefficient (Wildman–Crippen LogP) is 2.55. The van der Waals surface area contributed by atoms with Gasteiger partial charge in [0.25, 0.3) is 0 Å². The molecule has 0 radical (unpaired) electrons. The first-order valence-electron chi connectivity index (χ1n) is 11.0. The molecular formula is C22H26F3N5O3S. The topological polar surface area (TPSA) is 86.7 Å². The third-order valence-electron chi connectivity index (χ3n) is 6.28. The number of alkyl halides is 3. The molecule has 0 bridgehead atoms. The molecule has 0 saturated carbocycles. The molecule has 2 aliphatic heterocycles. The molecule has 2 aliphatic rings. The number of aryl methyl sites for hydroxylation is 1. The van der Waals surface area contributed by atoms with Gasteiger partial charge in [-0.15, -0.1) is 0 Å². The molecule has 0 atom stereocenters. The Bertz CT molecular complexity index is 1130. The largest absolute Gasteiger partial charge is 0.416 e. The molecule has 4 rings (SSSR count). The van der Waals surface area contributed by atoms with Crippen LogP contribution < -0.4 is 4.90 Å². The molecule has 2 fully saturated rings. The lowest BCUT2D eigenvalue weighted by Gasteiger charge is -2.38. The zero-order valence-corrected chi connectivity index (χ0v) is 19.5. The summed E-state index contributed by atoms with van der Waals surface area (Å²) in [5, 5.41) is 0. The number of rotatable bonds is 5. The van der Waals surface area contributed by atoms with E-state index >= 15 is 0 Å². The molecule has 0 aliphatic carbocycles. The van der Waals surface area contributed by atoms with Crippen LogP contribution in [-0.2, 0) is 21.0 Å². The summed E-state index contributed by atoms with van der Waals surface area (Å²) >= 11 is 0. The summed E-state index contributed by atoms with van der Waals surface area (Å²) in [5.74, 6) is 1.62. The summed E-state index contributed by atoms with van der Waals surface area (Å²) in [5.41, 5.74) is -0.923. The summed E-state index contributed by atoms with van der Waals surface area (Å²) in [7, 11) is -4.06. The maximum absolute atomic E-state index is 12.8. The Labute approximate surface area is 196 Å².